The number of aliphatic carboxylic acids is 1. The summed E-state index contributed by atoms with van der Waals surface area (Å²) >= 11 is 0. The van der Waals surface area contributed by atoms with E-state index in [0.717, 1.165) is 6.42 Å². The lowest BCUT2D eigenvalue weighted by molar-refractivity contribution is -0.136. The highest BCUT2D eigenvalue weighted by molar-refractivity contribution is 5.68. The monoisotopic (exact) mass is 156 g/mol. The van der Waals surface area contributed by atoms with Gasteiger partial charge in [0, 0.05) is 2.74 Å². The van der Waals surface area contributed by atoms with Crippen LogP contribution >= 0.6 is 0 Å². The smallest absolute Gasteiger partial charge is 0.307 e. The van der Waals surface area contributed by atoms with Crippen LogP contribution in [0.5, 0.6) is 0 Å². The fraction of sp³-hybridized carbons (Fsp3) is 0.444. The van der Waals surface area contributed by atoms with Gasteiger partial charge in [0.1, 0.15) is 0 Å². The van der Waals surface area contributed by atoms with Crippen LogP contribution in [0.1, 0.15) is 28.9 Å². The molecular weight excluding hydrogens is 140 g/mol. The van der Waals surface area contributed by atoms with Gasteiger partial charge in [-0.3, -0.25) is 4.79 Å². The molecule has 1 N–H and O–H groups in total. The largest absolute Gasteiger partial charge is 0.481 e. The summed E-state index contributed by atoms with van der Waals surface area (Å²) in [5.74, 6) is -0.952. The lowest BCUT2D eigenvalue weighted by Gasteiger charge is -1.82. The minimum Gasteiger partial charge on any atom is -0.481 e. The van der Waals surface area contributed by atoms with E-state index in [9.17, 15) is 4.79 Å². The summed E-state index contributed by atoms with van der Waals surface area (Å²) in [5.41, 5.74) is 0. The summed E-state index contributed by atoms with van der Waals surface area (Å²) in [6.07, 6.45) is 4.81. The van der Waals surface area contributed by atoms with Gasteiger partial charge >= 0.3 is 5.97 Å². The number of hydrogen-bond donors (Lipinski definition) is 1. The summed E-state index contributed by atoms with van der Waals surface area (Å²) in [6, 6.07) is 0. The van der Waals surface area contributed by atoms with Crippen molar-refractivity contribution < 1.29 is 12.6 Å². The quantitative estimate of drug-likeness (QED) is 0.620. The van der Waals surface area contributed by atoms with Gasteiger partial charge in [-0.15, -0.1) is 0 Å². The van der Waals surface area contributed by atoms with Crippen molar-refractivity contribution in [1.29, 1.82) is 0 Å². The van der Waals surface area contributed by atoms with E-state index < -0.39 is 12.3 Å². The Morgan fingerprint density at radius 3 is 2.64 bits per heavy atom. The van der Waals surface area contributed by atoms with Crippen molar-refractivity contribution in [3.8, 4) is 0 Å². The highest BCUT2D eigenvalue weighted by Crippen LogP contribution is 1.90. The molecule has 0 heterocycles. The summed E-state index contributed by atoms with van der Waals surface area (Å²) < 4.78 is 14.7. The summed E-state index contributed by atoms with van der Waals surface area (Å²) in [5, 5.41) is 8.29. The predicted octanol–water partition coefficient (Wildman–Crippen LogP) is 2.37. The zero-order valence-electron chi connectivity index (χ0n) is 8.58. The minimum absolute atomic E-state index is 0.139. The Morgan fingerprint density at radius 2 is 2.09 bits per heavy atom. The van der Waals surface area contributed by atoms with E-state index in [1.165, 1.54) is 18.2 Å². The summed E-state index contributed by atoms with van der Waals surface area (Å²) in [4.78, 5) is 10.1. The van der Waals surface area contributed by atoms with E-state index in [1.807, 2.05) is 6.92 Å². The molecule has 0 spiro atoms. The van der Waals surface area contributed by atoms with Crippen molar-refractivity contribution >= 4 is 5.97 Å². The Bertz CT molecular complexity index is 220. The molecule has 0 radical (unpaired) electrons. The number of carboxylic acid groups (broad SMARTS) is 1. The average Bonchev–Trinajstić information content (AvgIpc) is 2.00. The molecule has 0 atom stereocenters. The molecule has 0 aliphatic carbocycles. The summed E-state index contributed by atoms with van der Waals surface area (Å²) in [6.45, 7) is 1.91. The number of allylic oxidation sites excluding steroid dienone is 3. The maximum absolute atomic E-state index is 10.1. The molecule has 0 aliphatic heterocycles. The standard InChI is InChI=1S/C9H14O2/c1-2-3-4-5-6-7-8-9(10)11/h3-4,6-7H,2,5,8H2,1H3,(H,10,11)/b4-3-,7-6-/i5D2. The van der Waals surface area contributed by atoms with Crippen LogP contribution in [0.2, 0.25) is 0 Å². The fourth-order valence-electron chi connectivity index (χ4n) is 0.469. The first-order valence-corrected chi connectivity index (χ1v) is 3.55. The Labute approximate surface area is 70.0 Å². The van der Waals surface area contributed by atoms with Crippen molar-refractivity contribution in [2.75, 3.05) is 0 Å². The van der Waals surface area contributed by atoms with Gasteiger partial charge in [-0.05, 0) is 12.8 Å². The van der Waals surface area contributed by atoms with Gasteiger partial charge in [-0.25, -0.2) is 0 Å². The molecular formula is C9H14O2. The van der Waals surface area contributed by atoms with E-state index >= 15 is 0 Å². The maximum Gasteiger partial charge on any atom is 0.307 e. The minimum atomic E-state index is -1.54. The zero-order chi connectivity index (χ0) is 10.3. The average molecular weight is 156 g/mol. The van der Waals surface area contributed by atoms with Crippen LogP contribution in [0.15, 0.2) is 24.3 Å². The van der Waals surface area contributed by atoms with Gasteiger partial charge in [0.05, 0.1) is 6.42 Å². The predicted molar refractivity (Wildman–Crippen MR) is 45.4 cm³/mol. The van der Waals surface area contributed by atoms with Crippen LogP contribution in [0.25, 0.3) is 0 Å². The Morgan fingerprint density at radius 1 is 1.45 bits per heavy atom. The topological polar surface area (TPSA) is 37.3 Å². The van der Waals surface area contributed by atoms with Crippen molar-refractivity contribution in [2.45, 2.75) is 26.1 Å². The van der Waals surface area contributed by atoms with Gasteiger partial charge in [-0.1, -0.05) is 31.2 Å². The molecule has 0 bridgehead atoms. The normalized spacial score (nSPS) is 15.4. The maximum atomic E-state index is 10.1. The second-order valence-electron chi connectivity index (χ2n) is 1.98. The molecule has 0 aromatic carbocycles. The first-order chi connectivity index (χ1) is 5.98. The van der Waals surface area contributed by atoms with E-state index in [4.69, 9.17) is 7.85 Å². The van der Waals surface area contributed by atoms with Crippen LogP contribution in [-0.4, -0.2) is 11.1 Å². The molecule has 0 saturated heterocycles. The molecule has 0 amide bonds. The number of carboxylic acids is 1. The molecule has 0 aromatic heterocycles. The van der Waals surface area contributed by atoms with E-state index in [0.29, 0.717) is 0 Å². The third-order valence-corrected chi connectivity index (χ3v) is 0.956. The van der Waals surface area contributed by atoms with Crippen molar-refractivity contribution in [3.05, 3.63) is 24.3 Å². The van der Waals surface area contributed by atoms with Gasteiger partial charge in [0.15, 0.2) is 0 Å². The van der Waals surface area contributed by atoms with E-state index in [-0.39, 0.29) is 6.42 Å². The molecule has 0 saturated carbocycles. The second-order valence-corrected chi connectivity index (χ2v) is 1.98. The Hall–Kier alpha value is -1.05. The van der Waals surface area contributed by atoms with Gasteiger partial charge in [0.25, 0.3) is 0 Å². The third kappa shape index (κ3) is 8.95. The van der Waals surface area contributed by atoms with Gasteiger partial charge in [0.2, 0.25) is 0 Å². The number of hydrogen-bond acceptors (Lipinski definition) is 1. The molecule has 11 heavy (non-hydrogen) atoms. The molecule has 0 unspecified atom stereocenters. The molecule has 0 aliphatic rings. The lowest BCUT2D eigenvalue weighted by atomic mass is 10.3. The molecule has 62 valence electrons. The van der Waals surface area contributed by atoms with Gasteiger partial charge < -0.3 is 5.11 Å². The molecule has 0 fully saturated rings. The Kier molecular flexibility index (Phi) is 4.27. The van der Waals surface area contributed by atoms with E-state index in [2.05, 4.69) is 0 Å². The first-order valence-electron chi connectivity index (χ1n) is 4.55. The lowest BCUT2D eigenvalue weighted by Crippen LogP contribution is -1.89. The first kappa shape index (κ1) is 6.65. The Balaban J connectivity index is 4.07. The van der Waals surface area contributed by atoms with E-state index in [1.54, 1.807) is 6.08 Å². The molecule has 2 nitrogen and oxygen atoms in total. The molecule has 0 aromatic rings. The molecule has 2 heteroatoms. The van der Waals surface area contributed by atoms with Crippen LogP contribution < -0.4 is 0 Å². The highest BCUT2D eigenvalue weighted by atomic mass is 16.4. The van der Waals surface area contributed by atoms with Gasteiger partial charge in [-0.2, -0.15) is 0 Å². The SMILES string of the molecule is [2H]C([2H])(/C=C\CC)/C=C\CC(=O)O. The fourth-order valence-corrected chi connectivity index (χ4v) is 0.469. The van der Waals surface area contributed by atoms with Crippen LogP contribution in [0.4, 0.5) is 0 Å². The van der Waals surface area contributed by atoms with Crippen molar-refractivity contribution in [2.24, 2.45) is 0 Å². The number of rotatable bonds is 5. The molecule has 0 rings (SSSR count). The second kappa shape index (κ2) is 7.06. The van der Waals surface area contributed by atoms with Crippen molar-refractivity contribution in [1.82, 2.24) is 0 Å². The zero-order valence-corrected chi connectivity index (χ0v) is 6.58. The van der Waals surface area contributed by atoms with Crippen LogP contribution in [0.3, 0.4) is 0 Å². The van der Waals surface area contributed by atoms with Crippen LogP contribution in [0, 0.1) is 0 Å². The van der Waals surface area contributed by atoms with Crippen molar-refractivity contribution in [3.63, 3.8) is 0 Å². The summed E-state index contributed by atoms with van der Waals surface area (Å²) in [7, 11) is 0. The van der Waals surface area contributed by atoms with Crippen LogP contribution in [-0.2, 0) is 4.79 Å². The third-order valence-electron chi connectivity index (χ3n) is 0.956. The highest BCUT2D eigenvalue weighted by Gasteiger charge is 1.86. The number of carbonyl (C=O) groups is 1.